The van der Waals surface area contributed by atoms with Crippen molar-refractivity contribution in [2.75, 3.05) is 13.2 Å². The van der Waals surface area contributed by atoms with Crippen LogP contribution in [0.25, 0.3) is 0 Å². The molecule has 1 rings (SSSR count). The van der Waals surface area contributed by atoms with Crippen molar-refractivity contribution >= 4 is 0 Å². The van der Waals surface area contributed by atoms with Crippen molar-refractivity contribution in [2.45, 2.75) is 51.4 Å². The van der Waals surface area contributed by atoms with Crippen LogP contribution in [0.15, 0.2) is 24.3 Å². The van der Waals surface area contributed by atoms with Crippen molar-refractivity contribution in [1.82, 2.24) is 0 Å². The summed E-state index contributed by atoms with van der Waals surface area (Å²) in [4.78, 5) is 0. The van der Waals surface area contributed by atoms with E-state index < -0.39 is 0 Å². The van der Waals surface area contributed by atoms with Gasteiger partial charge in [0, 0.05) is 36.8 Å². The zero-order valence-corrected chi connectivity index (χ0v) is 19.4. The van der Waals surface area contributed by atoms with E-state index in [9.17, 15) is 0 Å². The van der Waals surface area contributed by atoms with E-state index in [1.165, 1.54) is 12.8 Å². The number of hydrogen-bond donors (Lipinski definition) is 0. The van der Waals surface area contributed by atoms with Crippen molar-refractivity contribution in [2.24, 2.45) is 0 Å². The lowest BCUT2D eigenvalue weighted by Gasteiger charge is -1.93. The molecular weight excluding hydrogens is 400 g/mol. The molecule has 0 aliphatic heterocycles. The second-order valence-electron chi connectivity index (χ2n) is 6.00. The van der Waals surface area contributed by atoms with Crippen LogP contribution in [0.1, 0.15) is 62.5 Å². The third-order valence-electron chi connectivity index (χ3n) is 3.39. The Hall–Kier alpha value is -4.34. The summed E-state index contributed by atoms with van der Waals surface area (Å²) in [6.07, 6.45) is 47.8. The molecule has 0 spiro atoms. The summed E-state index contributed by atoms with van der Waals surface area (Å²) < 4.78 is 4.66. The van der Waals surface area contributed by atoms with E-state index in [4.69, 9.17) is 51.4 Å². The van der Waals surface area contributed by atoms with Crippen molar-refractivity contribution in [3.05, 3.63) is 35.4 Å². The summed E-state index contributed by atoms with van der Waals surface area (Å²) in [5.41, 5.74) is 1.72. The van der Waals surface area contributed by atoms with E-state index in [1.807, 2.05) is 24.3 Å². The minimum atomic E-state index is 0.310. The van der Waals surface area contributed by atoms with Crippen LogP contribution in [0.3, 0.4) is 0 Å². The standard InChI is InChI=1S/C10H6.C10H14.C6H6O.C6H6/c1-3-9-5-7-10(4-2)8-6-9;1-3-5-7-9-10-8-6-4-2;1-3-5-7-6-4-2;1-3-5-6-4-2/h1-2,5-8H;1-2H,5-10H2;1-2H,5-6H2;1-2H,5-6H2. The van der Waals surface area contributed by atoms with E-state index in [0.29, 0.717) is 26.1 Å². The summed E-state index contributed by atoms with van der Waals surface area (Å²) in [7, 11) is 0. The molecule has 1 nitrogen and oxygen atoms in total. The average Bonchev–Trinajstić information content (AvgIpc) is 2.86. The first-order valence-electron chi connectivity index (χ1n) is 10.3. The van der Waals surface area contributed by atoms with Gasteiger partial charge in [-0.3, -0.25) is 0 Å². The molecule has 166 valence electrons. The number of hydrogen-bond acceptors (Lipinski definition) is 1. The number of ether oxygens (including phenoxy) is 1. The Balaban J connectivity index is -0.000000373. The molecule has 0 aliphatic carbocycles. The van der Waals surface area contributed by atoms with Crippen LogP contribution in [0.5, 0.6) is 0 Å². The Kier molecular flexibility index (Phi) is 32.6. The molecule has 0 bridgehead atoms. The molecule has 0 aromatic heterocycles. The maximum absolute atomic E-state index is 5.14. The molecule has 1 heteroatoms. The van der Waals surface area contributed by atoms with Gasteiger partial charge in [-0.15, -0.1) is 75.1 Å². The molecule has 0 unspecified atom stereocenters. The maximum atomic E-state index is 5.14. The van der Waals surface area contributed by atoms with Gasteiger partial charge >= 0.3 is 0 Å². The fraction of sp³-hybridized carbons (Fsp3) is 0.312. The molecule has 0 fully saturated rings. The number of rotatable bonds is 8. The van der Waals surface area contributed by atoms with E-state index in [0.717, 1.165) is 36.8 Å². The predicted molar refractivity (Wildman–Crippen MR) is 143 cm³/mol. The molecule has 0 saturated carbocycles. The van der Waals surface area contributed by atoms with Crippen LogP contribution in [-0.2, 0) is 4.74 Å². The maximum Gasteiger partial charge on any atom is 0.108 e. The Morgan fingerprint density at radius 1 is 0.455 bits per heavy atom. The second kappa shape index (κ2) is 32.3. The molecule has 0 N–H and O–H groups in total. The first-order chi connectivity index (χ1) is 16.1. The van der Waals surface area contributed by atoms with Gasteiger partial charge in [0.2, 0.25) is 0 Å². The van der Waals surface area contributed by atoms with Gasteiger partial charge in [-0.1, -0.05) is 36.5 Å². The average molecular weight is 433 g/mol. The van der Waals surface area contributed by atoms with Gasteiger partial charge in [0.1, 0.15) is 13.2 Å². The van der Waals surface area contributed by atoms with Crippen LogP contribution < -0.4 is 0 Å². The Morgan fingerprint density at radius 2 is 0.788 bits per heavy atom. The van der Waals surface area contributed by atoms with Crippen LogP contribution in [0.2, 0.25) is 0 Å². The summed E-state index contributed by atoms with van der Waals surface area (Å²) in [6.45, 7) is 0.619. The van der Waals surface area contributed by atoms with Gasteiger partial charge in [0.25, 0.3) is 0 Å². The van der Waals surface area contributed by atoms with Crippen molar-refractivity contribution < 1.29 is 4.74 Å². The van der Waals surface area contributed by atoms with Gasteiger partial charge in [-0.2, -0.15) is 0 Å². The number of benzene rings is 1. The molecule has 0 radical (unpaired) electrons. The molecule has 0 amide bonds. The summed E-state index contributed by atoms with van der Waals surface area (Å²) in [5.74, 6) is 19.7. The second-order valence-corrected chi connectivity index (χ2v) is 6.00. The lowest BCUT2D eigenvalue weighted by molar-refractivity contribution is 0.205. The van der Waals surface area contributed by atoms with Gasteiger partial charge in [0.05, 0.1) is 0 Å². The van der Waals surface area contributed by atoms with Crippen molar-refractivity contribution in [1.29, 1.82) is 0 Å². The van der Waals surface area contributed by atoms with Gasteiger partial charge < -0.3 is 4.74 Å². The normalized spacial score (nSPS) is 7.27. The number of terminal acetylenes is 8. The van der Waals surface area contributed by atoms with Crippen LogP contribution in [-0.4, -0.2) is 13.2 Å². The van der Waals surface area contributed by atoms with E-state index in [1.54, 1.807) is 0 Å². The Bertz CT molecular complexity index is 841. The van der Waals surface area contributed by atoms with Gasteiger partial charge in [-0.25, -0.2) is 0 Å². The first kappa shape index (κ1) is 33.3. The molecule has 0 atom stereocenters. The Morgan fingerprint density at radius 3 is 1.03 bits per heavy atom. The van der Waals surface area contributed by atoms with E-state index in [-0.39, 0.29) is 0 Å². The van der Waals surface area contributed by atoms with Crippen LogP contribution in [0.4, 0.5) is 0 Å². The smallest absolute Gasteiger partial charge is 0.108 e. The third kappa shape index (κ3) is 32.5. The highest BCUT2D eigenvalue weighted by molar-refractivity contribution is 5.39. The minimum Gasteiger partial charge on any atom is -0.356 e. The highest BCUT2D eigenvalue weighted by Crippen LogP contribution is 2.03. The SMILES string of the molecule is C#CCCC#C.C#CCCCCCCC#C.C#CCOCC#C.C#Cc1ccc(C#C)cc1. The van der Waals surface area contributed by atoms with E-state index in [2.05, 4.69) is 52.1 Å². The van der Waals surface area contributed by atoms with Gasteiger partial charge in [0.15, 0.2) is 0 Å². The fourth-order valence-electron chi connectivity index (χ4n) is 1.78. The minimum absolute atomic E-state index is 0.310. The monoisotopic (exact) mass is 432 g/mol. The lowest BCUT2D eigenvalue weighted by Crippen LogP contribution is -1.89. The molecule has 1 aromatic rings. The summed E-state index contributed by atoms with van der Waals surface area (Å²) in [5, 5.41) is 0. The van der Waals surface area contributed by atoms with Crippen LogP contribution >= 0.6 is 0 Å². The van der Waals surface area contributed by atoms with E-state index >= 15 is 0 Å². The zero-order valence-electron chi connectivity index (χ0n) is 19.4. The molecule has 33 heavy (non-hydrogen) atoms. The highest BCUT2D eigenvalue weighted by Gasteiger charge is 1.86. The largest absolute Gasteiger partial charge is 0.356 e. The van der Waals surface area contributed by atoms with Gasteiger partial charge in [-0.05, 0) is 37.1 Å². The fourth-order valence-corrected chi connectivity index (χ4v) is 1.78. The topological polar surface area (TPSA) is 9.23 Å². The molecule has 0 saturated heterocycles. The highest BCUT2D eigenvalue weighted by atomic mass is 16.5. The quantitative estimate of drug-likeness (QED) is 0.387. The van der Waals surface area contributed by atoms with Crippen LogP contribution in [0, 0.1) is 98.8 Å². The summed E-state index contributed by atoms with van der Waals surface area (Å²) in [6, 6.07) is 7.31. The van der Waals surface area contributed by atoms with Crippen molar-refractivity contribution in [3.63, 3.8) is 0 Å². The summed E-state index contributed by atoms with van der Waals surface area (Å²) >= 11 is 0. The zero-order chi connectivity index (χ0) is 25.4. The number of unbranched alkanes of at least 4 members (excludes halogenated alkanes) is 6. The predicted octanol–water partition coefficient (Wildman–Crippen LogP) is 5.55. The lowest BCUT2D eigenvalue weighted by atomic mass is 10.1. The third-order valence-corrected chi connectivity index (χ3v) is 3.39. The molecule has 0 aliphatic rings. The van der Waals surface area contributed by atoms with Crippen molar-refractivity contribution in [3.8, 4) is 98.8 Å². The molecule has 0 heterocycles. The molecular formula is C32H32O. The molecule has 1 aromatic carbocycles. The Labute approximate surface area is 203 Å². The first-order valence-corrected chi connectivity index (χ1v) is 10.3.